The molecule has 32 heavy (non-hydrogen) atoms. The Hall–Kier alpha value is -4.13. The average Bonchev–Trinajstić information content (AvgIpc) is 3.14. The Morgan fingerprint density at radius 3 is 2.56 bits per heavy atom. The maximum absolute atomic E-state index is 13.2. The summed E-state index contributed by atoms with van der Waals surface area (Å²) in [4.78, 5) is 29.4. The fourth-order valence-electron chi connectivity index (χ4n) is 4.15. The zero-order valence-corrected chi connectivity index (χ0v) is 17.5. The van der Waals surface area contributed by atoms with Crippen LogP contribution in [0.4, 0.5) is 0 Å². The SMILES string of the molecule is COc1cccc(/C=C2\Oc3c(ccc4c3[C@H](c3ccncc3)CC(=O)O4)C2=O)c1OC. The fraction of sp³-hybridized carbons (Fsp3) is 0.160. The number of ether oxygens (including phenoxy) is 4. The Labute approximate surface area is 184 Å². The summed E-state index contributed by atoms with van der Waals surface area (Å²) in [5, 5.41) is 0. The van der Waals surface area contributed by atoms with E-state index in [1.165, 1.54) is 7.11 Å². The lowest BCUT2D eigenvalue weighted by Crippen LogP contribution is -2.21. The van der Waals surface area contributed by atoms with Gasteiger partial charge in [-0.15, -0.1) is 0 Å². The molecule has 0 unspecified atom stereocenters. The molecule has 2 aromatic carbocycles. The van der Waals surface area contributed by atoms with E-state index in [1.807, 2.05) is 18.2 Å². The van der Waals surface area contributed by atoms with Crippen molar-refractivity contribution in [3.8, 4) is 23.0 Å². The summed E-state index contributed by atoms with van der Waals surface area (Å²) in [5.74, 6) is 1.13. The van der Waals surface area contributed by atoms with Crippen LogP contribution < -0.4 is 18.9 Å². The maximum Gasteiger partial charge on any atom is 0.312 e. The number of benzene rings is 2. The minimum atomic E-state index is -0.333. The number of Topliss-reactive ketones (excluding diaryl/α,β-unsaturated/α-hetero) is 1. The zero-order valence-electron chi connectivity index (χ0n) is 17.5. The predicted octanol–water partition coefficient (Wildman–Crippen LogP) is 4.16. The second kappa shape index (κ2) is 7.85. The summed E-state index contributed by atoms with van der Waals surface area (Å²) in [6, 6.07) is 12.4. The highest BCUT2D eigenvalue weighted by Crippen LogP contribution is 2.49. The fourth-order valence-corrected chi connectivity index (χ4v) is 4.15. The zero-order chi connectivity index (χ0) is 22.2. The number of nitrogens with zero attached hydrogens (tertiary/aromatic N) is 1. The predicted molar refractivity (Wildman–Crippen MR) is 115 cm³/mol. The van der Waals surface area contributed by atoms with Crippen LogP contribution in [0.2, 0.25) is 0 Å². The molecule has 0 fully saturated rings. The van der Waals surface area contributed by atoms with Gasteiger partial charge in [-0.2, -0.15) is 0 Å². The third-order valence-electron chi connectivity index (χ3n) is 5.61. The van der Waals surface area contributed by atoms with Gasteiger partial charge < -0.3 is 18.9 Å². The molecule has 0 aliphatic carbocycles. The first-order valence-electron chi connectivity index (χ1n) is 10.0. The van der Waals surface area contributed by atoms with E-state index >= 15 is 0 Å². The third kappa shape index (κ3) is 3.19. The van der Waals surface area contributed by atoms with Crippen molar-refractivity contribution in [1.29, 1.82) is 0 Å². The van der Waals surface area contributed by atoms with Gasteiger partial charge >= 0.3 is 5.97 Å². The van der Waals surface area contributed by atoms with E-state index in [2.05, 4.69) is 4.98 Å². The Bertz CT molecular complexity index is 1260. The van der Waals surface area contributed by atoms with Crippen LogP contribution in [-0.4, -0.2) is 31.0 Å². The molecule has 0 saturated carbocycles. The van der Waals surface area contributed by atoms with Crippen LogP contribution in [-0.2, 0) is 4.79 Å². The normalized spacial score (nSPS) is 17.9. The van der Waals surface area contributed by atoms with Crippen LogP contribution in [0.3, 0.4) is 0 Å². The number of aromatic nitrogens is 1. The van der Waals surface area contributed by atoms with E-state index in [9.17, 15) is 9.59 Å². The van der Waals surface area contributed by atoms with Gasteiger partial charge in [0.15, 0.2) is 17.3 Å². The molecule has 7 heteroatoms. The molecule has 160 valence electrons. The lowest BCUT2D eigenvalue weighted by Gasteiger charge is -2.26. The number of para-hydroxylation sites is 1. The van der Waals surface area contributed by atoms with Crippen LogP contribution in [0.5, 0.6) is 23.0 Å². The number of allylic oxidation sites excluding steroid dienone is 1. The van der Waals surface area contributed by atoms with Gasteiger partial charge in [0, 0.05) is 29.4 Å². The van der Waals surface area contributed by atoms with Crippen molar-refractivity contribution in [2.45, 2.75) is 12.3 Å². The van der Waals surface area contributed by atoms with E-state index in [0.717, 1.165) is 5.56 Å². The molecule has 1 atom stereocenters. The van der Waals surface area contributed by atoms with Gasteiger partial charge in [0.2, 0.25) is 5.78 Å². The average molecular weight is 429 g/mol. The van der Waals surface area contributed by atoms with E-state index < -0.39 is 0 Å². The van der Waals surface area contributed by atoms with E-state index in [1.54, 1.807) is 49.8 Å². The standard InChI is InChI=1S/C25H19NO6/c1-29-19-5-3-4-15(24(19)30-2)12-20-23(28)16-6-7-18-22(25(16)32-20)17(13-21(27)31-18)14-8-10-26-11-9-14/h3-12,17H,13H2,1-2H3/b20-12-/t17-/m0/s1. The van der Waals surface area contributed by atoms with Gasteiger partial charge in [0.25, 0.3) is 0 Å². The molecule has 0 spiro atoms. The number of hydrogen-bond donors (Lipinski definition) is 0. The maximum atomic E-state index is 13.2. The molecule has 2 aliphatic heterocycles. The molecular weight excluding hydrogens is 410 g/mol. The Balaban J connectivity index is 1.61. The van der Waals surface area contributed by atoms with Crippen molar-refractivity contribution >= 4 is 17.8 Å². The molecule has 0 saturated heterocycles. The number of esters is 1. The minimum absolute atomic E-state index is 0.147. The van der Waals surface area contributed by atoms with Crippen LogP contribution in [0, 0.1) is 0 Å². The van der Waals surface area contributed by atoms with Gasteiger partial charge in [-0.3, -0.25) is 14.6 Å². The monoisotopic (exact) mass is 429 g/mol. The lowest BCUT2D eigenvalue weighted by molar-refractivity contribution is -0.135. The summed E-state index contributed by atoms with van der Waals surface area (Å²) >= 11 is 0. The molecular formula is C25H19NO6. The van der Waals surface area contributed by atoms with Crippen molar-refractivity contribution in [2.75, 3.05) is 14.2 Å². The van der Waals surface area contributed by atoms with Crippen molar-refractivity contribution in [1.82, 2.24) is 4.98 Å². The topological polar surface area (TPSA) is 84.0 Å². The molecule has 0 radical (unpaired) electrons. The molecule has 0 bridgehead atoms. The van der Waals surface area contributed by atoms with Crippen LogP contribution in [0.25, 0.3) is 6.08 Å². The quantitative estimate of drug-likeness (QED) is 0.350. The second-order valence-corrected chi connectivity index (χ2v) is 7.39. The second-order valence-electron chi connectivity index (χ2n) is 7.39. The molecule has 3 aromatic rings. The molecule has 5 rings (SSSR count). The van der Waals surface area contributed by atoms with Crippen LogP contribution in [0.1, 0.15) is 39.4 Å². The molecule has 7 nitrogen and oxygen atoms in total. The number of pyridine rings is 1. The van der Waals surface area contributed by atoms with Gasteiger partial charge in [-0.1, -0.05) is 12.1 Å². The number of hydrogen-bond acceptors (Lipinski definition) is 7. The number of methoxy groups -OCH3 is 2. The number of carbonyl (C=O) groups excluding carboxylic acids is 2. The highest BCUT2D eigenvalue weighted by Gasteiger charge is 2.38. The number of ketones is 1. The van der Waals surface area contributed by atoms with Crippen molar-refractivity contribution < 1.29 is 28.5 Å². The number of rotatable bonds is 4. The minimum Gasteiger partial charge on any atom is -0.493 e. The van der Waals surface area contributed by atoms with Gasteiger partial charge in [0.05, 0.1) is 26.2 Å². The first-order valence-corrected chi connectivity index (χ1v) is 10.0. The molecule has 0 amide bonds. The third-order valence-corrected chi connectivity index (χ3v) is 5.61. The first-order chi connectivity index (χ1) is 15.6. The van der Waals surface area contributed by atoms with Crippen LogP contribution >= 0.6 is 0 Å². The molecule has 2 aliphatic rings. The molecule has 3 heterocycles. The highest BCUT2D eigenvalue weighted by molar-refractivity contribution is 6.15. The Morgan fingerprint density at radius 2 is 1.81 bits per heavy atom. The van der Waals surface area contributed by atoms with Crippen LogP contribution in [0.15, 0.2) is 60.6 Å². The van der Waals surface area contributed by atoms with Crippen molar-refractivity contribution in [3.05, 3.63) is 82.9 Å². The van der Waals surface area contributed by atoms with Gasteiger partial charge in [-0.05, 0) is 42.0 Å². The largest absolute Gasteiger partial charge is 0.493 e. The van der Waals surface area contributed by atoms with Gasteiger partial charge in [0.1, 0.15) is 11.5 Å². The molecule has 0 N–H and O–H groups in total. The summed E-state index contributed by atoms with van der Waals surface area (Å²) in [5.41, 5.74) is 2.65. The Kier molecular flexibility index (Phi) is 4.86. The summed E-state index contributed by atoms with van der Waals surface area (Å²) in [7, 11) is 3.09. The van der Waals surface area contributed by atoms with E-state index in [0.29, 0.717) is 39.7 Å². The van der Waals surface area contributed by atoms with E-state index in [4.69, 9.17) is 18.9 Å². The highest BCUT2D eigenvalue weighted by atomic mass is 16.5. The van der Waals surface area contributed by atoms with Crippen molar-refractivity contribution in [3.63, 3.8) is 0 Å². The molecule has 1 aromatic heterocycles. The number of fused-ring (bicyclic) bond motifs is 3. The first kappa shape index (κ1) is 19.8. The van der Waals surface area contributed by atoms with Crippen molar-refractivity contribution in [2.24, 2.45) is 0 Å². The number of carbonyl (C=O) groups is 2. The smallest absolute Gasteiger partial charge is 0.312 e. The summed E-state index contributed by atoms with van der Waals surface area (Å²) in [6.07, 6.45) is 5.12. The Morgan fingerprint density at radius 1 is 1.00 bits per heavy atom. The van der Waals surface area contributed by atoms with E-state index in [-0.39, 0.29) is 29.9 Å². The lowest BCUT2D eigenvalue weighted by atomic mass is 9.85. The summed E-state index contributed by atoms with van der Waals surface area (Å²) in [6.45, 7) is 0. The van der Waals surface area contributed by atoms with Gasteiger partial charge in [-0.25, -0.2) is 0 Å². The summed E-state index contributed by atoms with van der Waals surface area (Å²) < 4.78 is 22.4.